The highest BCUT2D eigenvalue weighted by Crippen LogP contribution is 2.28. The second-order valence-corrected chi connectivity index (χ2v) is 5.08. The Labute approximate surface area is 131 Å². The zero-order chi connectivity index (χ0) is 15.6. The lowest BCUT2D eigenvalue weighted by atomic mass is 10.2. The summed E-state index contributed by atoms with van der Waals surface area (Å²) in [5.41, 5.74) is -0.207. The van der Waals surface area contributed by atoms with Gasteiger partial charge in [0, 0.05) is 16.6 Å². The summed E-state index contributed by atoms with van der Waals surface area (Å²) >= 11 is 8.87. The van der Waals surface area contributed by atoms with Gasteiger partial charge in [-0.3, -0.25) is 14.9 Å². The summed E-state index contributed by atoms with van der Waals surface area (Å²) < 4.78 is 13.5. The van der Waals surface area contributed by atoms with Crippen molar-refractivity contribution in [3.8, 4) is 0 Å². The number of carbonyl (C=O) groups excluding carboxylic acids is 1. The van der Waals surface area contributed by atoms with Gasteiger partial charge in [0.1, 0.15) is 11.0 Å². The summed E-state index contributed by atoms with van der Waals surface area (Å²) in [6, 6.07) is 4.79. The number of nitrogens with one attached hydrogen (secondary N) is 1. The topological polar surface area (TPSA) is 85.1 Å². The number of nitro benzene ring substituents is 1. The Morgan fingerprint density at radius 1 is 1.43 bits per heavy atom. The van der Waals surface area contributed by atoms with Gasteiger partial charge in [0.2, 0.25) is 0 Å². The molecule has 9 heteroatoms. The number of benzene rings is 1. The number of amides is 1. The SMILES string of the molecule is O=C(Nc1cc([N+](=O)[O-])ccc1Br)c1cc(F)cnc1Cl. The number of pyridine rings is 1. The first-order chi connectivity index (χ1) is 9.88. The molecule has 21 heavy (non-hydrogen) atoms. The summed E-state index contributed by atoms with van der Waals surface area (Å²) in [7, 11) is 0. The molecule has 0 unspecified atom stereocenters. The first-order valence-corrected chi connectivity index (χ1v) is 6.62. The lowest BCUT2D eigenvalue weighted by Gasteiger charge is -2.08. The van der Waals surface area contributed by atoms with Gasteiger partial charge < -0.3 is 5.32 Å². The van der Waals surface area contributed by atoms with Crippen LogP contribution in [0.25, 0.3) is 0 Å². The highest BCUT2D eigenvalue weighted by Gasteiger charge is 2.16. The minimum absolute atomic E-state index is 0.162. The molecule has 108 valence electrons. The van der Waals surface area contributed by atoms with Gasteiger partial charge in [-0.1, -0.05) is 11.6 Å². The van der Waals surface area contributed by atoms with E-state index in [2.05, 4.69) is 26.2 Å². The molecule has 1 N–H and O–H groups in total. The zero-order valence-electron chi connectivity index (χ0n) is 10.1. The Kier molecular flexibility index (Phi) is 4.49. The van der Waals surface area contributed by atoms with Crippen molar-refractivity contribution in [1.82, 2.24) is 4.98 Å². The van der Waals surface area contributed by atoms with Crippen molar-refractivity contribution in [1.29, 1.82) is 0 Å². The van der Waals surface area contributed by atoms with Crippen LogP contribution >= 0.6 is 27.5 Å². The summed E-state index contributed by atoms with van der Waals surface area (Å²) in [5, 5.41) is 13.0. The van der Waals surface area contributed by atoms with E-state index >= 15 is 0 Å². The second-order valence-electron chi connectivity index (χ2n) is 3.87. The maximum atomic E-state index is 13.1. The molecule has 0 atom stereocenters. The minimum atomic E-state index is -0.729. The van der Waals surface area contributed by atoms with Gasteiger partial charge >= 0.3 is 0 Å². The number of halogens is 3. The van der Waals surface area contributed by atoms with Gasteiger partial charge in [-0.15, -0.1) is 0 Å². The first-order valence-electron chi connectivity index (χ1n) is 5.45. The molecule has 0 saturated carbocycles. The standard InChI is InChI=1S/C12H6BrClFN3O3/c13-9-2-1-7(18(20)21)4-10(9)17-12(19)8-3-6(15)5-16-11(8)14/h1-5H,(H,17,19). The number of non-ortho nitro benzene ring substituents is 1. The van der Waals surface area contributed by atoms with Crippen molar-refractivity contribution in [3.63, 3.8) is 0 Å². The van der Waals surface area contributed by atoms with Crippen molar-refractivity contribution in [2.24, 2.45) is 0 Å². The van der Waals surface area contributed by atoms with Crippen LogP contribution < -0.4 is 5.32 Å². The molecule has 0 radical (unpaired) electrons. The Balaban J connectivity index is 2.33. The van der Waals surface area contributed by atoms with Crippen molar-refractivity contribution >= 4 is 44.8 Å². The Bertz CT molecular complexity index is 742. The largest absolute Gasteiger partial charge is 0.321 e. The lowest BCUT2D eigenvalue weighted by Crippen LogP contribution is -2.14. The number of hydrogen-bond donors (Lipinski definition) is 1. The number of rotatable bonds is 3. The average Bonchev–Trinajstić information content (AvgIpc) is 2.43. The Morgan fingerprint density at radius 3 is 2.81 bits per heavy atom. The lowest BCUT2D eigenvalue weighted by molar-refractivity contribution is -0.384. The fourth-order valence-electron chi connectivity index (χ4n) is 1.49. The van der Waals surface area contributed by atoms with Crippen molar-refractivity contribution < 1.29 is 14.1 Å². The van der Waals surface area contributed by atoms with Crippen molar-refractivity contribution in [2.45, 2.75) is 0 Å². The molecule has 1 aromatic heterocycles. The molecule has 1 heterocycles. The number of nitro groups is 1. The molecule has 0 aliphatic heterocycles. The molecule has 0 bridgehead atoms. The minimum Gasteiger partial charge on any atom is -0.321 e. The maximum Gasteiger partial charge on any atom is 0.271 e. The van der Waals surface area contributed by atoms with Gasteiger partial charge in [0.15, 0.2) is 0 Å². The van der Waals surface area contributed by atoms with Crippen LogP contribution in [-0.2, 0) is 0 Å². The van der Waals surface area contributed by atoms with Crippen LogP contribution in [0.1, 0.15) is 10.4 Å². The molecule has 0 aliphatic carbocycles. The van der Waals surface area contributed by atoms with E-state index in [1.165, 1.54) is 18.2 Å². The number of hydrogen-bond acceptors (Lipinski definition) is 4. The smallest absolute Gasteiger partial charge is 0.271 e. The number of anilines is 1. The highest BCUT2D eigenvalue weighted by atomic mass is 79.9. The molecule has 1 aromatic carbocycles. The predicted molar refractivity (Wildman–Crippen MR) is 78.0 cm³/mol. The molecule has 6 nitrogen and oxygen atoms in total. The van der Waals surface area contributed by atoms with Gasteiger partial charge in [-0.25, -0.2) is 9.37 Å². The normalized spacial score (nSPS) is 10.2. The van der Waals surface area contributed by atoms with E-state index < -0.39 is 16.6 Å². The molecule has 0 fully saturated rings. The van der Waals surface area contributed by atoms with Crippen LogP contribution in [0.15, 0.2) is 34.9 Å². The number of carbonyl (C=O) groups is 1. The average molecular weight is 375 g/mol. The third kappa shape index (κ3) is 3.53. The van der Waals surface area contributed by atoms with Crippen LogP contribution in [-0.4, -0.2) is 15.8 Å². The van der Waals surface area contributed by atoms with Crippen LogP contribution in [0, 0.1) is 15.9 Å². The first kappa shape index (κ1) is 15.3. The summed E-state index contributed by atoms with van der Waals surface area (Å²) in [6.45, 7) is 0. The van der Waals surface area contributed by atoms with E-state index in [-0.39, 0.29) is 22.1 Å². The molecule has 2 aromatic rings. The Morgan fingerprint density at radius 2 is 2.14 bits per heavy atom. The van der Waals surface area contributed by atoms with Crippen molar-refractivity contribution in [2.75, 3.05) is 5.32 Å². The fourth-order valence-corrected chi connectivity index (χ4v) is 2.03. The molecule has 0 spiro atoms. The summed E-state index contributed by atoms with van der Waals surface area (Å²) in [4.78, 5) is 25.7. The quantitative estimate of drug-likeness (QED) is 0.503. The predicted octanol–water partition coefficient (Wildman–Crippen LogP) is 3.80. The van der Waals surface area contributed by atoms with E-state index in [9.17, 15) is 19.3 Å². The van der Waals surface area contributed by atoms with Crippen LogP contribution in [0.5, 0.6) is 0 Å². The van der Waals surface area contributed by atoms with Crippen LogP contribution in [0.2, 0.25) is 5.15 Å². The molecule has 0 aliphatic rings. The summed E-state index contributed by atoms with van der Waals surface area (Å²) in [6.07, 6.45) is 0.877. The zero-order valence-corrected chi connectivity index (χ0v) is 12.5. The van der Waals surface area contributed by atoms with Gasteiger partial charge in [0.25, 0.3) is 11.6 Å². The van der Waals surface area contributed by atoms with E-state index in [1.807, 2.05) is 0 Å². The van der Waals surface area contributed by atoms with Gasteiger partial charge in [0.05, 0.1) is 22.4 Å². The molecule has 0 saturated heterocycles. The van der Waals surface area contributed by atoms with E-state index in [1.54, 1.807) is 0 Å². The third-order valence-electron chi connectivity index (χ3n) is 2.46. The maximum absolute atomic E-state index is 13.1. The molecule has 2 rings (SSSR count). The highest BCUT2D eigenvalue weighted by molar-refractivity contribution is 9.10. The van der Waals surface area contributed by atoms with Crippen molar-refractivity contribution in [3.05, 3.63) is 61.6 Å². The van der Waals surface area contributed by atoms with E-state index in [0.29, 0.717) is 4.47 Å². The fraction of sp³-hybridized carbons (Fsp3) is 0. The van der Waals surface area contributed by atoms with Gasteiger partial charge in [-0.05, 0) is 28.1 Å². The molecular weight excluding hydrogens is 369 g/mol. The Hall–Kier alpha value is -2.06. The van der Waals surface area contributed by atoms with E-state index in [0.717, 1.165) is 12.3 Å². The molecule has 1 amide bonds. The molecular formula is C12H6BrClFN3O3. The van der Waals surface area contributed by atoms with E-state index in [4.69, 9.17) is 11.6 Å². The third-order valence-corrected chi connectivity index (χ3v) is 3.45. The summed E-state index contributed by atoms with van der Waals surface area (Å²) in [5.74, 6) is -1.45. The second kappa shape index (κ2) is 6.15. The van der Waals surface area contributed by atoms with Crippen LogP contribution in [0.3, 0.4) is 0 Å². The number of aromatic nitrogens is 1. The van der Waals surface area contributed by atoms with Gasteiger partial charge in [-0.2, -0.15) is 0 Å². The van der Waals surface area contributed by atoms with Crippen LogP contribution in [0.4, 0.5) is 15.8 Å². The number of nitrogens with zero attached hydrogens (tertiary/aromatic N) is 2. The monoisotopic (exact) mass is 373 g/mol.